The number of allylic oxidation sites excluding steroid dienone is 1. The van der Waals surface area contributed by atoms with E-state index in [9.17, 15) is 4.79 Å². The molecule has 10 heteroatoms. The Kier molecular flexibility index (Phi) is 4.46. The summed E-state index contributed by atoms with van der Waals surface area (Å²) in [6, 6.07) is 0. The number of primary amides is 1. The van der Waals surface area contributed by atoms with Gasteiger partial charge >= 0.3 is 0 Å². The minimum atomic E-state index is -0.703. The van der Waals surface area contributed by atoms with Crippen LogP contribution in [0.3, 0.4) is 0 Å². The molecule has 1 aromatic rings. The zero-order valence-corrected chi connectivity index (χ0v) is 16.3. The van der Waals surface area contributed by atoms with Crippen molar-refractivity contribution < 1.29 is 4.79 Å². The molecule has 9 nitrogen and oxygen atoms in total. The highest BCUT2D eigenvalue weighted by atomic mass is 31.1. The summed E-state index contributed by atoms with van der Waals surface area (Å²) in [6.07, 6.45) is 5.47. The highest BCUT2D eigenvalue weighted by Crippen LogP contribution is 2.74. The number of hydrogen-bond donors (Lipinski definition) is 8. The van der Waals surface area contributed by atoms with Gasteiger partial charge in [-0.2, -0.15) is 0 Å². The van der Waals surface area contributed by atoms with Crippen molar-refractivity contribution in [2.24, 2.45) is 17.2 Å². The number of nitrogens with two attached hydrogens (primary N) is 8. The number of amides is 1. The molecule has 2 aliphatic heterocycles. The average molecular weight is 392 g/mol. The lowest BCUT2D eigenvalue weighted by Gasteiger charge is -2.59. The maximum Gasteiger partial charge on any atom is 0.266 e. The zero-order chi connectivity index (χ0) is 20.1. The fourth-order valence-electron chi connectivity index (χ4n) is 4.62. The van der Waals surface area contributed by atoms with E-state index in [2.05, 4.69) is 0 Å². The van der Waals surface area contributed by atoms with E-state index in [1.165, 1.54) is 0 Å². The van der Waals surface area contributed by atoms with Gasteiger partial charge in [-0.05, 0) is 19.3 Å². The minimum Gasteiger partial charge on any atom is -0.399 e. The first-order valence-corrected chi connectivity index (χ1v) is 9.93. The summed E-state index contributed by atoms with van der Waals surface area (Å²) >= 11 is 0. The molecule has 4 rings (SSSR count). The molecule has 2 heterocycles. The Morgan fingerprint density at radius 2 is 1.26 bits per heavy atom. The van der Waals surface area contributed by atoms with Crippen LogP contribution in [0.15, 0.2) is 11.4 Å². The molecule has 3 aliphatic rings. The molecule has 1 amide bonds. The van der Waals surface area contributed by atoms with Gasteiger partial charge in [0.25, 0.3) is 5.91 Å². The molecular formula is C17H29N8OP. The fraction of sp³-hybridized carbons (Fsp3) is 0.471. The number of fused-ring (bicyclic) bond motifs is 4. The van der Waals surface area contributed by atoms with Crippen molar-refractivity contribution in [1.29, 1.82) is 0 Å². The van der Waals surface area contributed by atoms with Crippen molar-refractivity contribution in [2.75, 3.05) is 28.7 Å². The van der Waals surface area contributed by atoms with Crippen molar-refractivity contribution in [3.63, 3.8) is 0 Å². The average Bonchev–Trinajstić information content (AvgIpc) is 2.57. The van der Waals surface area contributed by atoms with Gasteiger partial charge in [0, 0.05) is 21.6 Å². The molecule has 0 radical (unpaired) electrons. The summed E-state index contributed by atoms with van der Waals surface area (Å²) in [5.74, 6) is -0.703. The predicted octanol–water partition coefficient (Wildman–Crippen LogP) is 0.192. The number of anilines is 5. The van der Waals surface area contributed by atoms with E-state index in [0.29, 0.717) is 32.1 Å². The maximum absolute atomic E-state index is 11.6. The van der Waals surface area contributed by atoms with E-state index in [1.54, 1.807) is 0 Å². The lowest BCUT2D eigenvalue weighted by molar-refractivity contribution is -0.114. The summed E-state index contributed by atoms with van der Waals surface area (Å²) in [5.41, 5.74) is 50.9. The minimum absolute atomic E-state index is 0.0612. The van der Waals surface area contributed by atoms with Gasteiger partial charge in [-0.15, -0.1) is 0 Å². The Hall–Kier alpha value is -2.54. The Labute approximate surface area is 160 Å². The van der Waals surface area contributed by atoms with E-state index in [0.717, 1.165) is 37.7 Å². The Bertz CT molecular complexity index is 815. The number of nitrogen functional groups attached to an aromatic ring is 5. The van der Waals surface area contributed by atoms with E-state index >= 15 is 0 Å². The van der Waals surface area contributed by atoms with Gasteiger partial charge in [0.15, 0.2) is 0 Å². The molecule has 3 fully saturated rings. The first-order chi connectivity index (χ1) is 12.6. The molecule has 1 aromatic carbocycles. The third-order valence-electron chi connectivity index (χ3n) is 6.04. The molecule has 148 valence electrons. The summed E-state index contributed by atoms with van der Waals surface area (Å²) < 4.78 is 0. The maximum atomic E-state index is 11.6. The van der Waals surface area contributed by atoms with Crippen LogP contribution in [0.5, 0.6) is 0 Å². The Morgan fingerprint density at radius 3 is 1.78 bits per heavy atom. The highest BCUT2D eigenvalue weighted by Gasteiger charge is 2.58. The predicted molar refractivity (Wildman–Crippen MR) is 114 cm³/mol. The molecule has 27 heavy (non-hydrogen) atoms. The van der Waals surface area contributed by atoms with Crippen molar-refractivity contribution in [2.45, 2.75) is 48.8 Å². The van der Waals surface area contributed by atoms with Crippen LogP contribution in [-0.4, -0.2) is 11.1 Å². The highest BCUT2D eigenvalue weighted by molar-refractivity contribution is 7.44. The molecule has 16 N–H and O–H groups in total. The number of carbonyl (C=O) groups excluding carboxylic acids is 1. The summed E-state index contributed by atoms with van der Waals surface area (Å²) in [6.45, 7) is 0. The topological polar surface area (TPSA) is 225 Å². The molecule has 0 spiro atoms. The SMILES string of the molecule is NC(=O)/C(N)=C(\N)C12CCCCCC(c3c(N)c(N)c(N)c(N)c3N)(C1)P2. The second-order valence-corrected chi connectivity index (χ2v) is 9.83. The van der Waals surface area contributed by atoms with Gasteiger partial charge < -0.3 is 45.9 Å². The van der Waals surface area contributed by atoms with Gasteiger partial charge in [0.2, 0.25) is 0 Å². The van der Waals surface area contributed by atoms with Crippen LogP contribution in [-0.2, 0) is 9.95 Å². The second kappa shape index (κ2) is 6.27. The number of rotatable bonds is 3. The van der Waals surface area contributed by atoms with Crippen LogP contribution in [0.4, 0.5) is 28.4 Å². The largest absolute Gasteiger partial charge is 0.399 e. The lowest BCUT2D eigenvalue weighted by Crippen LogP contribution is -2.52. The van der Waals surface area contributed by atoms with Crippen LogP contribution in [0.2, 0.25) is 0 Å². The quantitative estimate of drug-likeness (QED) is 0.201. The Balaban J connectivity index is 2.13. The number of hydrogen-bond acceptors (Lipinski definition) is 8. The molecule has 2 bridgehead atoms. The first-order valence-electron chi connectivity index (χ1n) is 8.93. The Morgan fingerprint density at radius 1 is 0.778 bits per heavy atom. The summed E-state index contributed by atoms with van der Waals surface area (Å²) in [7, 11) is 0.345. The number of benzene rings is 1. The van der Waals surface area contributed by atoms with Gasteiger partial charge in [-0.1, -0.05) is 27.8 Å². The third-order valence-corrected chi connectivity index (χ3v) is 8.37. The zero-order valence-electron chi connectivity index (χ0n) is 15.3. The van der Waals surface area contributed by atoms with Crippen LogP contribution in [0, 0.1) is 0 Å². The van der Waals surface area contributed by atoms with E-state index in [4.69, 9.17) is 45.9 Å². The number of carbonyl (C=O) groups is 1. The third kappa shape index (κ3) is 2.68. The summed E-state index contributed by atoms with van der Waals surface area (Å²) in [5, 5.41) is -0.670. The smallest absolute Gasteiger partial charge is 0.266 e. The first kappa shape index (κ1) is 19.2. The van der Waals surface area contributed by atoms with Crippen molar-refractivity contribution in [3.05, 3.63) is 17.0 Å². The molecule has 3 unspecified atom stereocenters. The molecule has 2 saturated heterocycles. The van der Waals surface area contributed by atoms with Gasteiger partial charge in [-0.3, -0.25) is 4.79 Å². The fourth-order valence-corrected chi connectivity index (χ4v) is 7.28. The van der Waals surface area contributed by atoms with Gasteiger partial charge in [0.05, 0.1) is 28.4 Å². The summed E-state index contributed by atoms with van der Waals surface area (Å²) in [4.78, 5) is 11.6. The molecular weight excluding hydrogens is 363 g/mol. The van der Waals surface area contributed by atoms with Crippen molar-refractivity contribution in [1.82, 2.24) is 0 Å². The van der Waals surface area contributed by atoms with E-state index in [-0.39, 0.29) is 33.1 Å². The molecule has 1 saturated carbocycles. The van der Waals surface area contributed by atoms with Crippen LogP contribution in [0.1, 0.15) is 44.1 Å². The van der Waals surface area contributed by atoms with E-state index in [1.807, 2.05) is 0 Å². The van der Waals surface area contributed by atoms with Gasteiger partial charge in [0.1, 0.15) is 5.70 Å². The normalized spacial score (nSPS) is 29.3. The molecule has 0 aromatic heterocycles. The second-order valence-electron chi connectivity index (χ2n) is 7.66. The standard InChI is InChI=1S/C17H29N8OP/c18-8-7(9(19)11(21)12(22)10(8)20)16-4-2-1-3-5-17(6-16,27-16)14(24)13(23)15(25)26/h27H,1-6,18-24H2,(H2,25,26)/b14-13+. The monoisotopic (exact) mass is 392 g/mol. The van der Waals surface area contributed by atoms with Crippen molar-refractivity contribution in [3.8, 4) is 0 Å². The molecule has 3 atom stereocenters. The van der Waals surface area contributed by atoms with E-state index < -0.39 is 5.91 Å². The van der Waals surface area contributed by atoms with Crippen LogP contribution >= 0.6 is 8.58 Å². The molecule has 1 aliphatic carbocycles. The lowest BCUT2D eigenvalue weighted by atomic mass is 9.74. The van der Waals surface area contributed by atoms with Crippen LogP contribution in [0.25, 0.3) is 0 Å². The van der Waals surface area contributed by atoms with Crippen molar-refractivity contribution >= 4 is 42.9 Å². The van der Waals surface area contributed by atoms with Gasteiger partial charge in [-0.25, -0.2) is 0 Å². The van der Waals surface area contributed by atoms with Crippen LogP contribution < -0.4 is 45.9 Å².